The van der Waals surface area contributed by atoms with Crippen molar-refractivity contribution < 1.29 is 17.6 Å². The fraction of sp³-hybridized carbons (Fsp3) is 0.615. The van der Waals surface area contributed by atoms with E-state index in [1.807, 2.05) is 36.4 Å². The first kappa shape index (κ1) is 21.6. The summed E-state index contributed by atoms with van der Waals surface area (Å²) < 4.78 is 53.6. The molecule has 4 rings (SSSR count). The van der Waals surface area contributed by atoms with E-state index in [1.54, 1.807) is 0 Å². The number of hydrogen-bond donors (Lipinski definition) is 0. The number of benzene rings is 1. The fourth-order valence-corrected chi connectivity index (χ4v) is 5.68. The van der Waals surface area contributed by atoms with Gasteiger partial charge in [-0.05, 0) is 85.8 Å². The zero-order valence-corrected chi connectivity index (χ0v) is 17.7. The molecule has 2 saturated carbocycles. The highest BCUT2D eigenvalue weighted by Gasteiger charge is 2.41. The molecule has 3 aliphatic carbocycles. The molecule has 164 valence electrons. The number of allylic oxidation sites excluding steroid dienone is 4. The maximum atomic E-state index is 14.9. The Morgan fingerprint density at radius 1 is 0.833 bits per heavy atom. The Bertz CT molecular complexity index is 770. The van der Waals surface area contributed by atoms with Gasteiger partial charge in [-0.15, -0.1) is 0 Å². The molecule has 0 nitrogen and oxygen atoms in total. The zero-order valence-electron chi connectivity index (χ0n) is 17.7. The minimum Gasteiger partial charge on any atom is -0.207 e. The molecule has 3 aliphatic rings. The summed E-state index contributed by atoms with van der Waals surface area (Å²) in [6.45, 7) is 2.30. The average molecular weight is 421 g/mol. The minimum absolute atomic E-state index is 0.122. The lowest BCUT2D eigenvalue weighted by Gasteiger charge is -2.32. The van der Waals surface area contributed by atoms with Crippen molar-refractivity contribution in [1.29, 1.82) is 0 Å². The van der Waals surface area contributed by atoms with E-state index in [-0.39, 0.29) is 24.6 Å². The van der Waals surface area contributed by atoms with Crippen LogP contribution in [-0.4, -0.2) is 6.18 Å². The van der Waals surface area contributed by atoms with Gasteiger partial charge in [0.25, 0.3) is 0 Å². The van der Waals surface area contributed by atoms with Crippen molar-refractivity contribution in [3.8, 4) is 0 Å². The highest BCUT2D eigenvalue weighted by Crippen LogP contribution is 2.44. The summed E-state index contributed by atoms with van der Waals surface area (Å²) in [5.41, 5.74) is 2.62. The first-order chi connectivity index (χ1) is 14.3. The molecule has 0 aliphatic heterocycles. The van der Waals surface area contributed by atoms with Crippen LogP contribution in [0, 0.1) is 23.7 Å². The van der Waals surface area contributed by atoms with Gasteiger partial charge in [-0.3, -0.25) is 0 Å². The maximum Gasteiger partial charge on any atom is 0.391 e. The second kappa shape index (κ2) is 8.88. The highest BCUT2D eigenvalue weighted by atomic mass is 19.4. The largest absolute Gasteiger partial charge is 0.391 e. The van der Waals surface area contributed by atoms with Crippen molar-refractivity contribution >= 4 is 5.57 Å². The topological polar surface area (TPSA) is 0 Å². The Morgan fingerprint density at radius 2 is 1.47 bits per heavy atom. The van der Waals surface area contributed by atoms with E-state index in [0.29, 0.717) is 30.3 Å². The van der Waals surface area contributed by atoms with Crippen molar-refractivity contribution in [2.45, 2.75) is 76.8 Å². The van der Waals surface area contributed by atoms with Crippen LogP contribution in [0.3, 0.4) is 0 Å². The third kappa shape index (κ3) is 4.84. The fourth-order valence-electron chi connectivity index (χ4n) is 5.68. The summed E-state index contributed by atoms with van der Waals surface area (Å²) in [6.07, 6.45) is 7.16. The Morgan fingerprint density at radius 3 is 2.03 bits per heavy atom. The van der Waals surface area contributed by atoms with Crippen molar-refractivity contribution in [3.63, 3.8) is 0 Å². The van der Waals surface area contributed by atoms with E-state index in [1.165, 1.54) is 25.7 Å². The van der Waals surface area contributed by atoms with Crippen LogP contribution in [0.5, 0.6) is 0 Å². The highest BCUT2D eigenvalue weighted by molar-refractivity contribution is 5.78. The van der Waals surface area contributed by atoms with Gasteiger partial charge >= 0.3 is 6.18 Å². The molecule has 4 heteroatoms. The Balaban J connectivity index is 1.37. The molecule has 1 aromatic rings. The summed E-state index contributed by atoms with van der Waals surface area (Å²) in [7, 11) is 0. The monoisotopic (exact) mass is 420 g/mol. The predicted molar refractivity (Wildman–Crippen MR) is 114 cm³/mol. The molecule has 1 atom stereocenters. The third-order valence-corrected chi connectivity index (χ3v) is 7.76. The normalized spacial score (nSPS) is 33.0. The smallest absolute Gasteiger partial charge is 0.207 e. The lowest BCUT2D eigenvalue weighted by molar-refractivity contribution is -0.182. The van der Waals surface area contributed by atoms with E-state index in [9.17, 15) is 17.6 Å². The van der Waals surface area contributed by atoms with Gasteiger partial charge in [0.2, 0.25) is 0 Å². The van der Waals surface area contributed by atoms with E-state index < -0.39 is 12.1 Å². The predicted octanol–water partition coefficient (Wildman–Crippen LogP) is 8.61. The molecule has 30 heavy (non-hydrogen) atoms. The van der Waals surface area contributed by atoms with E-state index in [0.717, 1.165) is 23.5 Å². The molecule has 0 saturated heterocycles. The number of halogens is 4. The van der Waals surface area contributed by atoms with Crippen molar-refractivity contribution in [2.24, 2.45) is 23.7 Å². The molecule has 1 unspecified atom stereocenters. The van der Waals surface area contributed by atoms with Crippen molar-refractivity contribution in [2.75, 3.05) is 0 Å². The molecule has 0 radical (unpaired) electrons. The number of hydrogen-bond acceptors (Lipinski definition) is 0. The van der Waals surface area contributed by atoms with Crippen LogP contribution >= 0.6 is 0 Å². The lowest BCUT2D eigenvalue weighted by Crippen LogP contribution is -2.27. The molecule has 0 spiro atoms. The first-order valence-corrected chi connectivity index (χ1v) is 11.6. The van der Waals surface area contributed by atoms with Gasteiger partial charge in [-0.25, -0.2) is 4.39 Å². The van der Waals surface area contributed by atoms with Crippen LogP contribution in [0.1, 0.15) is 81.8 Å². The number of rotatable bonds is 3. The van der Waals surface area contributed by atoms with Gasteiger partial charge in [0.1, 0.15) is 5.83 Å². The summed E-state index contributed by atoms with van der Waals surface area (Å²) in [4.78, 5) is 0. The van der Waals surface area contributed by atoms with Gasteiger partial charge in [-0.1, -0.05) is 50.1 Å². The van der Waals surface area contributed by atoms with Gasteiger partial charge in [-0.2, -0.15) is 13.2 Å². The van der Waals surface area contributed by atoms with Gasteiger partial charge in [0.15, 0.2) is 0 Å². The first-order valence-electron chi connectivity index (χ1n) is 11.6. The molecule has 0 bridgehead atoms. The maximum absolute atomic E-state index is 14.9. The molecular formula is C26H32F4. The summed E-state index contributed by atoms with van der Waals surface area (Å²) in [6, 6.07) is 7.84. The van der Waals surface area contributed by atoms with Crippen molar-refractivity contribution in [3.05, 3.63) is 53.4 Å². The Hall–Kier alpha value is -1.58. The Labute approximate surface area is 177 Å². The van der Waals surface area contributed by atoms with Gasteiger partial charge < -0.3 is 0 Å². The molecule has 0 amide bonds. The standard InChI is InChI=1S/C26H32F4/c1-17-2-4-20(5-3-17)22-12-15-24(25(27)16-22)21-8-6-18(7-9-21)19-10-13-23(14-11-19)26(28,29)30/h6-9,15-17,19-20,22-23H,2-5,10-14H2,1H3. The minimum atomic E-state index is -4.07. The average Bonchev–Trinajstić information content (AvgIpc) is 2.74. The van der Waals surface area contributed by atoms with Crippen LogP contribution in [0.4, 0.5) is 17.6 Å². The van der Waals surface area contributed by atoms with Gasteiger partial charge in [0.05, 0.1) is 5.92 Å². The molecular weight excluding hydrogens is 388 g/mol. The van der Waals surface area contributed by atoms with Crippen LogP contribution in [0.15, 0.2) is 42.2 Å². The third-order valence-electron chi connectivity index (χ3n) is 7.76. The SMILES string of the molecule is CC1CCC(C2C=C(F)C(c3ccc(C4CCC(C(F)(F)F)CC4)cc3)=CC2)CC1. The number of alkyl halides is 3. The second-order valence-electron chi connectivity index (χ2n) is 9.76. The van der Waals surface area contributed by atoms with Crippen LogP contribution in [0.2, 0.25) is 0 Å². The summed E-state index contributed by atoms with van der Waals surface area (Å²) in [5, 5.41) is 0. The van der Waals surface area contributed by atoms with Gasteiger partial charge in [0, 0.05) is 5.57 Å². The van der Waals surface area contributed by atoms with E-state index in [2.05, 4.69) is 6.92 Å². The molecule has 0 N–H and O–H groups in total. The molecule has 1 aromatic carbocycles. The molecule has 0 aromatic heterocycles. The lowest BCUT2D eigenvalue weighted by atomic mass is 9.73. The quantitative estimate of drug-likeness (QED) is 0.429. The van der Waals surface area contributed by atoms with Crippen LogP contribution in [-0.2, 0) is 0 Å². The van der Waals surface area contributed by atoms with E-state index >= 15 is 0 Å². The van der Waals surface area contributed by atoms with Crippen molar-refractivity contribution in [1.82, 2.24) is 0 Å². The molecule has 0 heterocycles. The molecule has 2 fully saturated rings. The Kier molecular flexibility index (Phi) is 6.41. The van der Waals surface area contributed by atoms with Crippen LogP contribution < -0.4 is 0 Å². The zero-order chi connectivity index (χ0) is 21.3. The second-order valence-corrected chi connectivity index (χ2v) is 9.76. The summed E-state index contributed by atoms with van der Waals surface area (Å²) >= 11 is 0. The van der Waals surface area contributed by atoms with E-state index in [4.69, 9.17) is 0 Å². The summed E-state index contributed by atoms with van der Waals surface area (Å²) in [5.74, 6) is 0.606. The van der Waals surface area contributed by atoms with Crippen LogP contribution in [0.25, 0.3) is 5.57 Å².